The summed E-state index contributed by atoms with van der Waals surface area (Å²) >= 11 is 6.00. The molecule has 2 aliphatic heterocycles. The van der Waals surface area contributed by atoms with Crippen molar-refractivity contribution in [1.29, 1.82) is 0 Å². The van der Waals surface area contributed by atoms with Gasteiger partial charge in [0.25, 0.3) is 0 Å². The van der Waals surface area contributed by atoms with Gasteiger partial charge in [0, 0.05) is 63.8 Å². The van der Waals surface area contributed by atoms with Crippen molar-refractivity contribution < 1.29 is 24.2 Å². The standard InChI is InChI=1S/C26H34ClN3O5/c1-35-18-21(16-25(34)29-12-10-26(8-9-26)22(31)17-29)30-14-13-28(11-7-24(30)33)23(32)6-5-19-3-2-4-20(27)15-19/h2-6,15,21-22,31H,7-14,16-18H2,1H3/t21-,22-/m1/s1. The lowest BCUT2D eigenvalue weighted by Crippen LogP contribution is -2.51. The van der Waals surface area contributed by atoms with E-state index in [-0.39, 0.29) is 42.6 Å². The fourth-order valence-electron chi connectivity index (χ4n) is 5.10. The second-order valence-electron chi connectivity index (χ2n) is 9.83. The summed E-state index contributed by atoms with van der Waals surface area (Å²) in [6.07, 6.45) is 5.97. The Morgan fingerprint density at radius 2 is 2.00 bits per heavy atom. The third-order valence-electron chi connectivity index (χ3n) is 7.54. The van der Waals surface area contributed by atoms with Crippen LogP contribution in [-0.4, -0.2) is 96.1 Å². The van der Waals surface area contributed by atoms with E-state index in [0.29, 0.717) is 37.7 Å². The van der Waals surface area contributed by atoms with Gasteiger partial charge in [-0.1, -0.05) is 23.7 Å². The Kier molecular flexibility index (Phi) is 8.14. The van der Waals surface area contributed by atoms with Gasteiger partial charge >= 0.3 is 0 Å². The quantitative estimate of drug-likeness (QED) is 0.576. The van der Waals surface area contributed by atoms with Crippen LogP contribution in [0.2, 0.25) is 5.02 Å². The molecule has 1 N–H and O–H groups in total. The molecule has 1 aromatic rings. The largest absolute Gasteiger partial charge is 0.391 e. The molecule has 1 saturated carbocycles. The minimum absolute atomic E-state index is 0.0285. The van der Waals surface area contributed by atoms with Gasteiger partial charge in [0.05, 0.1) is 18.8 Å². The molecule has 0 radical (unpaired) electrons. The highest BCUT2D eigenvalue weighted by Gasteiger charge is 2.51. The molecule has 9 heteroatoms. The van der Waals surface area contributed by atoms with Crippen molar-refractivity contribution in [2.24, 2.45) is 5.41 Å². The molecule has 1 aromatic carbocycles. The lowest BCUT2D eigenvalue weighted by Gasteiger charge is -2.38. The van der Waals surface area contributed by atoms with Crippen molar-refractivity contribution in [3.05, 3.63) is 40.9 Å². The van der Waals surface area contributed by atoms with Crippen molar-refractivity contribution in [3.8, 4) is 0 Å². The summed E-state index contributed by atoms with van der Waals surface area (Å²) in [5.41, 5.74) is 0.855. The number of halogens is 1. The monoisotopic (exact) mass is 503 g/mol. The fourth-order valence-corrected chi connectivity index (χ4v) is 5.30. The number of aliphatic hydroxyl groups is 1. The summed E-state index contributed by atoms with van der Waals surface area (Å²) in [6.45, 7) is 2.27. The van der Waals surface area contributed by atoms with Gasteiger partial charge in [-0.05, 0) is 48.4 Å². The molecule has 4 rings (SSSR count). The summed E-state index contributed by atoms with van der Waals surface area (Å²) in [6, 6.07) is 6.82. The first kappa shape index (κ1) is 25.7. The number of amides is 3. The highest BCUT2D eigenvalue weighted by molar-refractivity contribution is 6.30. The summed E-state index contributed by atoms with van der Waals surface area (Å²) in [7, 11) is 1.55. The van der Waals surface area contributed by atoms with E-state index in [1.54, 1.807) is 40.0 Å². The van der Waals surface area contributed by atoms with Crippen LogP contribution < -0.4 is 0 Å². The first-order valence-corrected chi connectivity index (χ1v) is 12.7. The van der Waals surface area contributed by atoms with Gasteiger partial charge in [0.15, 0.2) is 0 Å². The Balaban J connectivity index is 1.35. The molecular weight excluding hydrogens is 470 g/mol. The van der Waals surface area contributed by atoms with Crippen LogP contribution in [0.25, 0.3) is 6.08 Å². The van der Waals surface area contributed by atoms with E-state index in [9.17, 15) is 19.5 Å². The predicted octanol–water partition coefficient (Wildman–Crippen LogP) is 2.19. The molecule has 2 saturated heterocycles. The number of carbonyl (C=O) groups excluding carboxylic acids is 3. The lowest BCUT2D eigenvalue weighted by molar-refractivity contribution is -0.141. The molecule has 35 heavy (non-hydrogen) atoms. The molecule has 2 heterocycles. The van der Waals surface area contributed by atoms with E-state index in [4.69, 9.17) is 16.3 Å². The zero-order valence-electron chi connectivity index (χ0n) is 20.2. The van der Waals surface area contributed by atoms with Gasteiger partial charge in [0.2, 0.25) is 17.7 Å². The van der Waals surface area contributed by atoms with Crippen molar-refractivity contribution >= 4 is 35.4 Å². The van der Waals surface area contributed by atoms with Gasteiger partial charge in [-0.25, -0.2) is 0 Å². The molecule has 3 aliphatic rings. The number of hydrogen-bond donors (Lipinski definition) is 1. The van der Waals surface area contributed by atoms with Gasteiger partial charge in [-0.2, -0.15) is 0 Å². The lowest BCUT2D eigenvalue weighted by atomic mass is 9.90. The minimum Gasteiger partial charge on any atom is -0.391 e. The van der Waals surface area contributed by atoms with Gasteiger partial charge in [-0.15, -0.1) is 0 Å². The Hall–Kier alpha value is -2.42. The number of piperidine rings is 1. The molecule has 0 aromatic heterocycles. The van der Waals surface area contributed by atoms with Gasteiger partial charge in [-0.3, -0.25) is 14.4 Å². The molecule has 3 fully saturated rings. The number of rotatable bonds is 7. The summed E-state index contributed by atoms with van der Waals surface area (Å²) in [4.78, 5) is 43.8. The first-order chi connectivity index (χ1) is 16.8. The first-order valence-electron chi connectivity index (χ1n) is 12.3. The van der Waals surface area contributed by atoms with Crippen LogP contribution in [0.5, 0.6) is 0 Å². The van der Waals surface area contributed by atoms with Crippen molar-refractivity contribution in [2.45, 2.75) is 44.2 Å². The highest BCUT2D eigenvalue weighted by atomic mass is 35.5. The predicted molar refractivity (Wildman–Crippen MR) is 133 cm³/mol. The number of benzene rings is 1. The second-order valence-corrected chi connectivity index (χ2v) is 10.3. The number of hydrogen-bond acceptors (Lipinski definition) is 5. The zero-order chi connectivity index (χ0) is 25.0. The molecule has 8 nitrogen and oxygen atoms in total. The smallest absolute Gasteiger partial charge is 0.246 e. The van der Waals surface area contributed by atoms with Gasteiger partial charge < -0.3 is 24.5 Å². The van der Waals surface area contributed by atoms with Crippen LogP contribution >= 0.6 is 11.6 Å². The van der Waals surface area contributed by atoms with Crippen LogP contribution in [0.1, 0.15) is 37.7 Å². The average molecular weight is 504 g/mol. The Labute approximate surface area is 211 Å². The van der Waals surface area contributed by atoms with E-state index in [0.717, 1.165) is 24.8 Å². The molecule has 0 unspecified atom stereocenters. The summed E-state index contributed by atoms with van der Waals surface area (Å²) in [5, 5.41) is 11.1. The number of ether oxygens (including phenoxy) is 1. The van der Waals surface area contributed by atoms with E-state index < -0.39 is 12.1 Å². The average Bonchev–Trinajstić information content (AvgIpc) is 3.64. The maximum Gasteiger partial charge on any atom is 0.246 e. The third kappa shape index (κ3) is 6.23. The molecule has 0 bridgehead atoms. The Morgan fingerprint density at radius 3 is 2.69 bits per heavy atom. The minimum atomic E-state index is -0.472. The van der Waals surface area contributed by atoms with Crippen molar-refractivity contribution in [3.63, 3.8) is 0 Å². The molecule has 1 spiro atoms. The third-order valence-corrected chi connectivity index (χ3v) is 7.78. The van der Waals surface area contributed by atoms with Crippen LogP contribution in [0.4, 0.5) is 0 Å². The summed E-state index contributed by atoms with van der Waals surface area (Å²) in [5.74, 6) is -0.337. The van der Waals surface area contributed by atoms with E-state index in [1.165, 1.54) is 6.08 Å². The van der Waals surface area contributed by atoms with Crippen LogP contribution in [0, 0.1) is 5.41 Å². The number of nitrogens with zero attached hydrogens (tertiary/aromatic N) is 3. The Morgan fingerprint density at radius 1 is 1.20 bits per heavy atom. The van der Waals surface area contributed by atoms with Gasteiger partial charge in [0.1, 0.15) is 0 Å². The number of carbonyl (C=O) groups is 3. The number of methoxy groups -OCH3 is 1. The van der Waals surface area contributed by atoms with E-state index >= 15 is 0 Å². The summed E-state index contributed by atoms with van der Waals surface area (Å²) < 4.78 is 5.35. The SMILES string of the molecule is COC[C@@H](CC(=O)N1CCC2(CC2)[C@H](O)C1)N1CCN(C(=O)C=Cc2cccc(Cl)c2)CCC1=O. The van der Waals surface area contributed by atoms with Crippen molar-refractivity contribution in [1.82, 2.24) is 14.7 Å². The molecular formula is C26H34ClN3O5. The number of aliphatic hydroxyl groups excluding tert-OH is 1. The fraction of sp³-hybridized carbons (Fsp3) is 0.577. The molecule has 1 aliphatic carbocycles. The number of likely N-dealkylation sites (tertiary alicyclic amines) is 1. The topological polar surface area (TPSA) is 90.4 Å². The normalized spacial score (nSPS) is 23.0. The van der Waals surface area contributed by atoms with E-state index in [2.05, 4.69) is 0 Å². The maximum absolute atomic E-state index is 13.1. The van der Waals surface area contributed by atoms with Crippen LogP contribution in [0.3, 0.4) is 0 Å². The highest BCUT2D eigenvalue weighted by Crippen LogP contribution is 2.53. The maximum atomic E-state index is 13.1. The molecule has 190 valence electrons. The van der Waals surface area contributed by atoms with E-state index in [1.807, 2.05) is 12.1 Å². The second kappa shape index (κ2) is 11.1. The molecule has 2 atom stereocenters. The van der Waals surface area contributed by atoms with Crippen molar-refractivity contribution in [2.75, 3.05) is 46.4 Å². The van der Waals surface area contributed by atoms with Crippen LogP contribution in [0.15, 0.2) is 30.3 Å². The Bertz CT molecular complexity index is 979. The molecule has 3 amide bonds. The number of β-amino-alcohol motifs (C(OH)–C–C–N with tert-alkyl or cyclic N) is 1. The van der Waals surface area contributed by atoms with Crippen LogP contribution in [-0.2, 0) is 19.1 Å². The zero-order valence-corrected chi connectivity index (χ0v) is 21.0.